The summed E-state index contributed by atoms with van der Waals surface area (Å²) in [5.41, 5.74) is 1.72. The molecule has 5 heteroatoms. The molecule has 2 aromatic rings. The summed E-state index contributed by atoms with van der Waals surface area (Å²) in [6.07, 6.45) is 0. The van der Waals surface area contributed by atoms with Gasteiger partial charge in [0.2, 0.25) is 0 Å². The molecule has 0 aliphatic carbocycles. The number of carbonyl (C=O) groups excluding carboxylic acids is 1. The summed E-state index contributed by atoms with van der Waals surface area (Å²) >= 11 is 3.30. The van der Waals surface area contributed by atoms with E-state index in [1.807, 2.05) is 13.8 Å². The van der Waals surface area contributed by atoms with Gasteiger partial charge in [0, 0.05) is 17.1 Å². The molecule has 0 aromatic heterocycles. The van der Waals surface area contributed by atoms with Gasteiger partial charge in [0.25, 0.3) is 5.91 Å². The predicted octanol–water partition coefficient (Wildman–Crippen LogP) is 3.84. The van der Waals surface area contributed by atoms with Crippen molar-refractivity contribution in [3.8, 4) is 11.5 Å². The molecule has 0 aliphatic rings. The Labute approximate surface area is 131 Å². The highest BCUT2D eigenvalue weighted by atomic mass is 79.9. The van der Waals surface area contributed by atoms with Gasteiger partial charge in [-0.2, -0.15) is 0 Å². The Kier molecular flexibility index (Phi) is 4.53. The first-order valence-corrected chi connectivity index (χ1v) is 7.33. The molecule has 0 saturated carbocycles. The fourth-order valence-corrected chi connectivity index (χ4v) is 2.50. The van der Waals surface area contributed by atoms with E-state index in [1.54, 1.807) is 30.3 Å². The maximum absolute atomic E-state index is 12.7. The molecule has 2 N–H and O–H groups in total. The predicted molar refractivity (Wildman–Crippen MR) is 86.0 cm³/mol. The highest BCUT2D eigenvalue weighted by Gasteiger charge is 2.21. The molecule has 0 radical (unpaired) electrons. The zero-order valence-electron chi connectivity index (χ0n) is 11.8. The highest BCUT2D eigenvalue weighted by molar-refractivity contribution is 9.10. The first-order valence-electron chi connectivity index (χ1n) is 6.54. The quantitative estimate of drug-likeness (QED) is 0.884. The van der Waals surface area contributed by atoms with Crippen molar-refractivity contribution in [3.05, 3.63) is 52.0 Å². The van der Waals surface area contributed by atoms with Crippen LogP contribution in [-0.2, 0) is 0 Å². The third-order valence-corrected chi connectivity index (χ3v) is 3.73. The molecule has 2 rings (SSSR count). The van der Waals surface area contributed by atoms with Crippen LogP contribution in [0.1, 0.15) is 22.8 Å². The van der Waals surface area contributed by atoms with Crippen LogP contribution in [0.2, 0.25) is 0 Å². The summed E-state index contributed by atoms with van der Waals surface area (Å²) in [6, 6.07) is 9.60. The van der Waals surface area contributed by atoms with Crippen LogP contribution in [0.4, 0.5) is 5.69 Å². The van der Waals surface area contributed by atoms with Crippen molar-refractivity contribution in [2.75, 3.05) is 11.4 Å². The minimum atomic E-state index is -0.315. The van der Waals surface area contributed by atoms with Gasteiger partial charge in [-0.1, -0.05) is 22.0 Å². The highest BCUT2D eigenvalue weighted by Crippen LogP contribution is 2.29. The summed E-state index contributed by atoms with van der Waals surface area (Å²) < 4.78 is 0.715. The summed E-state index contributed by atoms with van der Waals surface area (Å²) in [7, 11) is 0. The Bertz CT molecular complexity index is 685. The van der Waals surface area contributed by atoms with E-state index in [4.69, 9.17) is 0 Å². The van der Waals surface area contributed by atoms with Crippen LogP contribution in [0.3, 0.4) is 0 Å². The van der Waals surface area contributed by atoms with Crippen molar-refractivity contribution in [1.82, 2.24) is 0 Å². The summed E-state index contributed by atoms with van der Waals surface area (Å²) in [5, 5.41) is 19.5. The molecule has 0 aliphatic heterocycles. The Morgan fingerprint density at radius 3 is 2.57 bits per heavy atom. The molecule has 2 aromatic carbocycles. The van der Waals surface area contributed by atoms with Gasteiger partial charge >= 0.3 is 0 Å². The average Bonchev–Trinajstić information content (AvgIpc) is 2.46. The van der Waals surface area contributed by atoms with Gasteiger partial charge in [-0.05, 0) is 43.7 Å². The first-order chi connectivity index (χ1) is 9.93. The smallest absolute Gasteiger partial charge is 0.262 e. The SMILES string of the molecule is CCN(C(=O)c1cc(Br)ccc1O)c1cc(O)ccc1C. The van der Waals surface area contributed by atoms with Crippen molar-refractivity contribution < 1.29 is 15.0 Å². The Hall–Kier alpha value is -2.01. The van der Waals surface area contributed by atoms with Gasteiger partial charge in [-0.15, -0.1) is 0 Å². The number of halogens is 1. The minimum absolute atomic E-state index is 0.0699. The van der Waals surface area contributed by atoms with Gasteiger partial charge in [0.05, 0.1) is 11.3 Å². The number of rotatable bonds is 3. The molecule has 1 amide bonds. The van der Waals surface area contributed by atoms with Gasteiger partial charge in [-0.3, -0.25) is 4.79 Å². The van der Waals surface area contributed by atoms with Crippen molar-refractivity contribution in [3.63, 3.8) is 0 Å². The lowest BCUT2D eigenvalue weighted by Crippen LogP contribution is -2.31. The molecular weight excluding hydrogens is 334 g/mol. The van der Waals surface area contributed by atoms with Gasteiger partial charge in [0.1, 0.15) is 11.5 Å². The molecule has 0 heterocycles. The van der Waals surface area contributed by atoms with Crippen LogP contribution in [0.15, 0.2) is 40.9 Å². The van der Waals surface area contributed by atoms with Gasteiger partial charge in [-0.25, -0.2) is 0 Å². The normalized spacial score (nSPS) is 10.4. The van der Waals surface area contributed by atoms with Gasteiger partial charge in [0.15, 0.2) is 0 Å². The lowest BCUT2D eigenvalue weighted by Gasteiger charge is -2.23. The van der Waals surface area contributed by atoms with E-state index in [0.717, 1.165) is 5.56 Å². The zero-order chi connectivity index (χ0) is 15.6. The topological polar surface area (TPSA) is 60.8 Å². The standard InChI is InChI=1S/C16H16BrNO3/c1-3-18(14-9-12(19)6-4-10(14)2)16(21)13-8-11(17)5-7-15(13)20/h4-9,19-20H,3H2,1-2H3. The van der Waals surface area contributed by atoms with Crippen LogP contribution in [0.5, 0.6) is 11.5 Å². The third kappa shape index (κ3) is 3.19. The van der Waals surface area contributed by atoms with E-state index in [-0.39, 0.29) is 23.0 Å². The van der Waals surface area contributed by atoms with E-state index in [9.17, 15) is 15.0 Å². The molecule has 0 unspecified atom stereocenters. The Balaban J connectivity index is 2.48. The van der Waals surface area contributed by atoms with Crippen LogP contribution in [0.25, 0.3) is 0 Å². The number of aryl methyl sites for hydroxylation is 1. The molecule has 0 saturated heterocycles. The fraction of sp³-hybridized carbons (Fsp3) is 0.188. The van der Waals surface area contributed by atoms with Crippen molar-refractivity contribution >= 4 is 27.5 Å². The van der Waals surface area contributed by atoms with Gasteiger partial charge < -0.3 is 15.1 Å². The number of carbonyl (C=O) groups is 1. The molecule has 110 valence electrons. The second-order valence-electron chi connectivity index (χ2n) is 4.68. The number of hydrogen-bond acceptors (Lipinski definition) is 3. The number of aromatic hydroxyl groups is 2. The number of nitrogens with zero attached hydrogens (tertiary/aromatic N) is 1. The molecule has 0 spiro atoms. The summed E-state index contributed by atoms with van der Waals surface area (Å²) in [6.45, 7) is 4.14. The second-order valence-corrected chi connectivity index (χ2v) is 5.60. The maximum Gasteiger partial charge on any atom is 0.262 e. The summed E-state index contributed by atoms with van der Waals surface area (Å²) in [4.78, 5) is 14.2. The number of anilines is 1. The Morgan fingerprint density at radius 1 is 1.19 bits per heavy atom. The fourth-order valence-electron chi connectivity index (χ4n) is 2.14. The van der Waals surface area contributed by atoms with E-state index < -0.39 is 0 Å². The third-order valence-electron chi connectivity index (χ3n) is 3.23. The average molecular weight is 350 g/mol. The number of hydrogen-bond donors (Lipinski definition) is 2. The molecule has 0 atom stereocenters. The number of phenols is 2. The number of amides is 1. The van der Waals surface area contributed by atoms with E-state index in [2.05, 4.69) is 15.9 Å². The van der Waals surface area contributed by atoms with Crippen LogP contribution in [-0.4, -0.2) is 22.7 Å². The first kappa shape index (κ1) is 15.4. The van der Waals surface area contributed by atoms with Crippen LogP contribution in [0, 0.1) is 6.92 Å². The van der Waals surface area contributed by atoms with E-state index in [1.165, 1.54) is 11.0 Å². The monoisotopic (exact) mass is 349 g/mol. The number of benzene rings is 2. The number of phenolic OH excluding ortho intramolecular Hbond substituents is 2. The minimum Gasteiger partial charge on any atom is -0.508 e. The van der Waals surface area contributed by atoms with Crippen molar-refractivity contribution in [1.29, 1.82) is 0 Å². The zero-order valence-corrected chi connectivity index (χ0v) is 13.4. The lowest BCUT2D eigenvalue weighted by molar-refractivity contribution is 0.0985. The van der Waals surface area contributed by atoms with Crippen molar-refractivity contribution in [2.45, 2.75) is 13.8 Å². The van der Waals surface area contributed by atoms with Crippen molar-refractivity contribution in [2.24, 2.45) is 0 Å². The van der Waals surface area contributed by atoms with E-state index >= 15 is 0 Å². The Morgan fingerprint density at radius 2 is 1.90 bits per heavy atom. The second kappa shape index (κ2) is 6.18. The lowest BCUT2D eigenvalue weighted by atomic mass is 10.1. The summed E-state index contributed by atoms with van der Waals surface area (Å²) in [5.74, 6) is -0.287. The molecule has 0 fully saturated rings. The molecular formula is C16H16BrNO3. The molecule has 4 nitrogen and oxygen atoms in total. The molecule has 0 bridgehead atoms. The van der Waals surface area contributed by atoms with E-state index in [0.29, 0.717) is 16.7 Å². The maximum atomic E-state index is 12.7. The van der Waals surface area contributed by atoms with Crippen LogP contribution >= 0.6 is 15.9 Å². The molecule has 21 heavy (non-hydrogen) atoms. The van der Waals surface area contributed by atoms with Crippen LogP contribution < -0.4 is 4.90 Å². The largest absolute Gasteiger partial charge is 0.508 e.